The molecule has 288 valence electrons. The molecule has 4 nitrogen and oxygen atoms in total. The molecule has 49 heavy (non-hydrogen) atoms. The SMILES string of the molecule is CCCCCCCC/C=C\CCCCCCC(S)(CC)C(=O)[O][Sn]([CH3])([CH3])[O]C(=O)C(S)(CC)CCCCCC/C=C\CCCCCCCC. The van der Waals surface area contributed by atoms with E-state index in [4.69, 9.17) is 31.4 Å². The molecule has 0 heterocycles. The second-order valence-corrected chi connectivity index (χ2v) is 25.8. The van der Waals surface area contributed by atoms with E-state index in [-0.39, 0.29) is 11.9 Å². The molecule has 0 N–H and O–H groups in total. The van der Waals surface area contributed by atoms with E-state index in [0.29, 0.717) is 25.7 Å². The molecule has 0 aromatic rings. The Morgan fingerprint density at radius 2 is 0.735 bits per heavy atom. The van der Waals surface area contributed by atoms with Gasteiger partial charge < -0.3 is 0 Å². The first kappa shape index (κ1) is 48.9. The number of carbonyl (C=O) groups is 2. The van der Waals surface area contributed by atoms with Crippen molar-refractivity contribution in [1.29, 1.82) is 0 Å². The summed E-state index contributed by atoms with van der Waals surface area (Å²) in [6.07, 6.45) is 41.5. The van der Waals surface area contributed by atoms with Crippen molar-refractivity contribution in [3.05, 3.63) is 24.3 Å². The van der Waals surface area contributed by atoms with Crippen LogP contribution in [0.15, 0.2) is 24.3 Å². The molecule has 2 unspecified atom stereocenters. The summed E-state index contributed by atoms with van der Waals surface area (Å²) >= 11 is 5.69. The Labute approximate surface area is 321 Å². The van der Waals surface area contributed by atoms with E-state index >= 15 is 0 Å². The van der Waals surface area contributed by atoms with Crippen LogP contribution in [0.1, 0.15) is 207 Å². The molecule has 0 rings (SSSR count). The van der Waals surface area contributed by atoms with Gasteiger partial charge in [0.2, 0.25) is 0 Å². The average molecular weight is 832 g/mol. The molecule has 0 aliphatic carbocycles. The zero-order valence-corrected chi connectivity index (χ0v) is 37.8. The topological polar surface area (TPSA) is 52.6 Å². The van der Waals surface area contributed by atoms with Crippen molar-refractivity contribution in [2.24, 2.45) is 0 Å². The molecule has 2 atom stereocenters. The minimum atomic E-state index is -3.93. The van der Waals surface area contributed by atoms with E-state index in [1.54, 1.807) is 0 Å². The standard InChI is InChI=1S/2C20H38O2S.2CH3.Sn/c2*1-3-5-6-7-8-9-10-11-12-13-14-15-16-17-18-20(23,4-2)19(21)22;;;/h2*11-12,23H,3-10,13-18H2,1-2H3,(H,21,22);2*1H3;/q;;;;+2/p-2/b2*12-11-;;;. The van der Waals surface area contributed by atoms with E-state index in [1.807, 2.05) is 23.7 Å². The van der Waals surface area contributed by atoms with Crippen molar-refractivity contribution in [3.63, 3.8) is 0 Å². The molecule has 0 radical (unpaired) electrons. The predicted octanol–water partition coefficient (Wildman–Crippen LogP) is 14.2. The summed E-state index contributed by atoms with van der Waals surface area (Å²) in [6.45, 7) is 8.50. The van der Waals surface area contributed by atoms with Crippen molar-refractivity contribution < 1.29 is 15.7 Å². The van der Waals surface area contributed by atoms with Crippen molar-refractivity contribution in [2.75, 3.05) is 0 Å². The molecule has 7 heteroatoms. The predicted molar refractivity (Wildman–Crippen MR) is 223 cm³/mol. The maximum atomic E-state index is 13.3. The van der Waals surface area contributed by atoms with Crippen LogP contribution in [0.2, 0.25) is 9.88 Å². The fraction of sp³-hybridized carbons (Fsp3) is 0.857. The smallest absolute Gasteiger partial charge is 0.0654 e. The van der Waals surface area contributed by atoms with Crippen LogP contribution in [0.3, 0.4) is 0 Å². The number of unbranched alkanes of at least 4 members (excludes halogenated alkanes) is 20. The fourth-order valence-electron chi connectivity index (χ4n) is 6.13. The van der Waals surface area contributed by atoms with Crippen LogP contribution in [0.5, 0.6) is 0 Å². The molecule has 0 amide bonds. The quantitative estimate of drug-likeness (QED) is 0.0294. The Balaban J connectivity index is 4.36. The van der Waals surface area contributed by atoms with Crippen LogP contribution in [-0.2, 0) is 15.7 Å². The zero-order chi connectivity index (χ0) is 36.7. The minimum Gasteiger partial charge on any atom is -0.0654 e. The first-order valence-electron chi connectivity index (χ1n) is 20.7. The van der Waals surface area contributed by atoms with Crippen LogP contribution >= 0.6 is 25.3 Å². The van der Waals surface area contributed by atoms with Gasteiger partial charge in [0, 0.05) is 0 Å². The first-order chi connectivity index (χ1) is 23.5. The number of rotatable bonds is 34. The minimum absolute atomic E-state index is 0.327. The molecule has 0 aliphatic heterocycles. The Kier molecular flexibility index (Phi) is 31.4. The Bertz CT molecular complexity index is 809. The Morgan fingerprint density at radius 1 is 0.469 bits per heavy atom. The summed E-state index contributed by atoms with van der Waals surface area (Å²) in [4.78, 5) is 30.3. The van der Waals surface area contributed by atoms with Crippen LogP contribution in [0.4, 0.5) is 0 Å². The van der Waals surface area contributed by atoms with E-state index in [2.05, 4.69) is 38.2 Å². The van der Waals surface area contributed by atoms with E-state index in [1.165, 1.54) is 103 Å². The molecule has 0 aromatic carbocycles. The molecule has 0 aromatic heterocycles. The van der Waals surface area contributed by atoms with E-state index in [9.17, 15) is 9.59 Å². The fourth-order valence-corrected chi connectivity index (χ4v) is 10.8. The van der Waals surface area contributed by atoms with Gasteiger partial charge in [-0.2, -0.15) is 0 Å². The van der Waals surface area contributed by atoms with Crippen LogP contribution in [0, 0.1) is 0 Å². The second-order valence-electron chi connectivity index (χ2n) is 14.9. The number of allylic oxidation sites excluding steroid dienone is 4. The van der Waals surface area contributed by atoms with Crippen LogP contribution in [0.25, 0.3) is 0 Å². The van der Waals surface area contributed by atoms with Gasteiger partial charge in [0.15, 0.2) is 0 Å². The van der Waals surface area contributed by atoms with Gasteiger partial charge in [-0.3, -0.25) is 0 Å². The normalized spacial score (nSPS) is 14.7. The van der Waals surface area contributed by atoms with Gasteiger partial charge in [0.05, 0.1) is 0 Å². The third-order valence-corrected chi connectivity index (χ3v) is 15.1. The molecule has 0 aliphatic rings. The van der Waals surface area contributed by atoms with Gasteiger partial charge in [-0.15, -0.1) is 0 Å². The molecule has 0 fully saturated rings. The maximum absolute atomic E-state index is 13.3. The second kappa shape index (κ2) is 31.4. The molecular weight excluding hydrogens is 751 g/mol. The van der Waals surface area contributed by atoms with Gasteiger partial charge in [-0.25, -0.2) is 0 Å². The molecule has 0 bridgehead atoms. The Morgan fingerprint density at radius 3 is 1.02 bits per heavy atom. The molecule has 0 saturated heterocycles. The summed E-state index contributed by atoms with van der Waals surface area (Å²) in [5.41, 5.74) is 0. The van der Waals surface area contributed by atoms with Gasteiger partial charge in [0.25, 0.3) is 0 Å². The molecular formula is C42H80O4S2Sn. The average Bonchev–Trinajstić information content (AvgIpc) is 3.07. The monoisotopic (exact) mass is 832 g/mol. The van der Waals surface area contributed by atoms with Crippen molar-refractivity contribution in [3.8, 4) is 0 Å². The zero-order valence-electron chi connectivity index (χ0n) is 33.1. The van der Waals surface area contributed by atoms with Gasteiger partial charge in [-0.05, 0) is 12.8 Å². The van der Waals surface area contributed by atoms with Crippen LogP contribution < -0.4 is 0 Å². The number of hydrogen-bond acceptors (Lipinski definition) is 6. The summed E-state index contributed by atoms with van der Waals surface area (Å²) < 4.78 is 10.3. The van der Waals surface area contributed by atoms with Crippen molar-refractivity contribution in [2.45, 2.75) is 227 Å². The third kappa shape index (κ3) is 26.4. The number of carbonyl (C=O) groups excluding carboxylic acids is 2. The first-order valence-corrected chi connectivity index (χ1v) is 29.6. The Hall–Kier alpha value is -0.0813. The summed E-state index contributed by atoms with van der Waals surface area (Å²) in [5.74, 6) is -0.654. The van der Waals surface area contributed by atoms with Crippen molar-refractivity contribution >= 4 is 56.4 Å². The van der Waals surface area contributed by atoms with Crippen LogP contribution in [-0.4, -0.2) is 40.6 Å². The molecule has 0 saturated carbocycles. The third-order valence-electron chi connectivity index (χ3n) is 9.81. The number of hydrogen-bond donors (Lipinski definition) is 2. The summed E-state index contributed by atoms with van der Waals surface area (Å²) in [7, 11) is 0. The summed E-state index contributed by atoms with van der Waals surface area (Å²) in [6, 6.07) is 0. The summed E-state index contributed by atoms with van der Waals surface area (Å²) in [5, 5.41) is 0. The van der Waals surface area contributed by atoms with Gasteiger partial charge in [0.1, 0.15) is 0 Å². The van der Waals surface area contributed by atoms with E-state index in [0.717, 1.165) is 51.4 Å². The van der Waals surface area contributed by atoms with E-state index < -0.39 is 28.7 Å². The van der Waals surface area contributed by atoms with Gasteiger partial charge in [-0.1, -0.05) is 78.1 Å². The van der Waals surface area contributed by atoms with Crippen molar-refractivity contribution in [1.82, 2.24) is 0 Å². The van der Waals surface area contributed by atoms with Gasteiger partial charge >= 0.3 is 232 Å². The number of thiol groups is 2. The molecule has 0 spiro atoms.